The number of hydrogen-bond acceptors (Lipinski definition) is 8. The van der Waals surface area contributed by atoms with E-state index < -0.39 is 47.9 Å². The van der Waals surface area contributed by atoms with Crippen molar-refractivity contribution in [1.29, 1.82) is 0 Å². The molecule has 0 saturated carbocycles. The summed E-state index contributed by atoms with van der Waals surface area (Å²) in [6.45, 7) is 6.62. The Hall–Kier alpha value is -2.94. The highest BCUT2D eigenvalue weighted by Crippen LogP contribution is 2.37. The summed E-state index contributed by atoms with van der Waals surface area (Å²) in [5.74, 6) is -2.13. The molecular formula is C23H31NO8. The molecule has 1 fully saturated rings. The molecule has 1 heterocycles. The zero-order chi connectivity index (χ0) is 23.9. The van der Waals surface area contributed by atoms with Gasteiger partial charge in [-0.1, -0.05) is 30.3 Å². The third-order valence-electron chi connectivity index (χ3n) is 5.26. The minimum Gasteiger partial charge on any atom is -0.463 e. The number of amides is 1. The molecule has 2 rings (SSSR count). The van der Waals surface area contributed by atoms with Crippen LogP contribution >= 0.6 is 0 Å². The van der Waals surface area contributed by atoms with Crippen molar-refractivity contribution in [2.45, 2.75) is 77.4 Å². The van der Waals surface area contributed by atoms with E-state index in [1.54, 1.807) is 6.92 Å². The smallest absolute Gasteiger partial charge is 0.303 e. The van der Waals surface area contributed by atoms with Crippen LogP contribution in [0, 0.1) is 0 Å². The van der Waals surface area contributed by atoms with Crippen LogP contribution in [0.15, 0.2) is 30.3 Å². The predicted molar refractivity (Wildman–Crippen MR) is 113 cm³/mol. The van der Waals surface area contributed by atoms with Gasteiger partial charge in [-0.2, -0.15) is 0 Å². The van der Waals surface area contributed by atoms with Crippen LogP contribution in [0.5, 0.6) is 0 Å². The van der Waals surface area contributed by atoms with E-state index in [9.17, 15) is 19.2 Å². The second-order valence-corrected chi connectivity index (χ2v) is 8.08. The molecule has 1 aliphatic rings. The molecule has 5 atom stereocenters. The first-order valence-corrected chi connectivity index (χ1v) is 10.5. The largest absolute Gasteiger partial charge is 0.463 e. The second kappa shape index (κ2) is 11.1. The summed E-state index contributed by atoms with van der Waals surface area (Å²) in [4.78, 5) is 47.2. The summed E-state index contributed by atoms with van der Waals surface area (Å²) in [7, 11) is 0. The highest BCUT2D eigenvalue weighted by atomic mass is 16.6. The summed E-state index contributed by atoms with van der Waals surface area (Å²) in [6.07, 6.45) is -1.98. The summed E-state index contributed by atoms with van der Waals surface area (Å²) < 4.78 is 22.4. The van der Waals surface area contributed by atoms with Crippen LogP contribution < -0.4 is 5.32 Å². The maximum Gasteiger partial charge on any atom is 0.303 e. The van der Waals surface area contributed by atoms with Gasteiger partial charge < -0.3 is 24.3 Å². The van der Waals surface area contributed by atoms with Crippen molar-refractivity contribution in [3.05, 3.63) is 35.9 Å². The van der Waals surface area contributed by atoms with Crippen molar-refractivity contribution in [2.75, 3.05) is 6.61 Å². The van der Waals surface area contributed by atoms with Crippen LogP contribution in [0.3, 0.4) is 0 Å². The second-order valence-electron chi connectivity index (χ2n) is 8.08. The number of aryl methyl sites for hydroxylation is 1. The molecule has 9 nitrogen and oxygen atoms in total. The minimum absolute atomic E-state index is 0.210. The molecule has 1 aliphatic heterocycles. The number of ether oxygens (including phenoxy) is 4. The van der Waals surface area contributed by atoms with Crippen molar-refractivity contribution < 1.29 is 38.1 Å². The molecule has 1 aromatic carbocycles. The van der Waals surface area contributed by atoms with Gasteiger partial charge in [0.2, 0.25) is 5.91 Å². The molecule has 0 spiro atoms. The van der Waals surface area contributed by atoms with Gasteiger partial charge in [-0.05, 0) is 25.3 Å². The Balaban J connectivity index is 2.45. The average molecular weight is 450 g/mol. The maximum atomic E-state index is 12.0. The fourth-order valence-electron chi connectivity index (χ4n) is 3.93. The molecule has 0 aliphatic carbocycles. The van der Waals surface area contributed by atoms with Crippen LogP contribution in [-0.4, -0.2) is 60.4 Å². The third kappa shape index (κ3) is 7.05. The van der Waals surface area contributed by atoms with Gasteiger partial charge in [0.15, 0.2) is 12.2 Å². The Labute approximate surface area is 187 Å². The van der Waals surface area contributed by atoms with Gasteiger partial charge in [0.1, 0.15) is 12.7 Å². The van der Waals surface area contributed by atoms with Crippen molar-refractivity contribution in [3.8, 4) is 0 Å². The summed E-state index contributed by atoms with van der Waals surface area (Å²) in [5, 5.41) is 2.81. The van der Waals surface area contributed by atoms with Gasteiger partial charge in [-0.15, -0.1) is 0 Å². The maximum absolute atomic E-state index is 12.0. The fourth-order valence-corrected chi connectivity index (χ4v) is 3.93. The van der Waals surface area contributed by atoms with E-state index in [2.05, 4.69) is 5.32 Å². The Morgan fingerprint density at radius 1 is 0.938 bits per heavy atom. The Bertz CT molecular complexity index is 827. The van der Waals surface area contributed by atoms with Gasteiger partial charge in [0.25, 0.3) is 0 Å². The van der Waals surface area contributed by atoms with Gasteiger partial charge in [-0.25, -0.2) is 0 Å². The summed E-state index contributed by atoms with van der Waals surface area (Å²) in [6, 6.07) is 8.89. The van der Waals surface area contributed by atoms with E-state index in [0.717, 1.165) is 5.56 Å². The zero-order valence-corrected chi connectivity index (χ0v) is 19.1. The van der Waals surface area contributed by atoms with Crippen LogP contribution in [-0.2, 0) is 44.5 Å². The molecule has 1 aromatic rings. The molecule has 1 saturated heterocycles. The first-order valence-electron chi connectivity index (χ1n) is 10.5. The Morgan fingerprint density at radius 3 is 2.06 bits per heavy atom. The summed E-state index contributed by atoms with van der Waals surface area (Å²) in [5.41, 5.74) is 0.0323. The minimum atomic E-state index is -1.09. The third-order valence-corrected chi connectivity index (χ3v) is 5.26. The lowest BCUT2D eigenvalue weighted by Gasteiger charge is -2.51. The normalized spacial score (nSPS) is 27.2. The SMILES string of the molecule is CC(=O)N[C@@H]1[C@@H](OC(C)=O)[C@@H](OC(C)=O)[C@@H](COC(C)=O)O[C@]1(C)CCc1ccccc1. The van der Waals surface area contributed by atoms with Crippen LogP contribution in [0.1, 0.15) is 46.6 Å². The molecule has 0 radical (unpaired) electrons. The van der Waals surface area contributed by atoms with Gasteiger partial charge in [0, 0.05) is 27.7 Å². The molecule has 32 heavy (non-hydrogen) atoms. The highest BCUT2D eigenvalue weighted by Gasteiger charge is 2.55. The average Bonchev–Trinajstić information content (AvgIpc) is 2.70. The van der Waals surface area contributed by atoms with Crippen LogP contribution in [0.2, 0.25) is 0 Å². The molecular weight excluding hydrogens is 418 g/mol. The first-order chi connectivity index (χ1) is 15.0. The Kier molecular flexibility index (Phi) is 8.77. The van der Waals surface area contributed by atoms with E-state index in [0.29, 0.717) is 12.8 Å². The molecule has 176 valence electrons. The lowest BCUT2D eigenvalue weighted by atomic mass is 9.80. The predicted octanol–water partition coefficient (Wildman–Crippen LogP) is 1.71. The van der Waals surface area contributed by atoms with Gasteiger partial charge in [0.05, 0.1) is 11.6 Å². The molecule has 9 heteroatoms. The van der Waals surface area contributed by atoms with Crippen molar-refractivity contribution in [2.24, 2.45) is 0 Å². The van der Waals surface area contributed by atoms with Crippen molar-refractivity contribution >= 4 is 23.8 Å². The van der Waals surface area contributed by atoms with E-state index in [-0.39, 0.29) is 12.5 Å². The van der Waals surface area contributed by atoms with E-state index >= 15 is 0 Å². The monoisotopic (exact) mass is 449 g/mol. The standard InChI is InChI=1S/C23H31NO8/c1-14(25)24-22-21(31-17(4)28)20(30-16(3)27)19(13-29-15(2)26)32-23(22,5)12-11-18-9-7-6-8-10-18/h6-10,19-22H,11-13H2,1-5H3,(H,24,25)/t19-,20+,21+,22-,23-/m1/s1. The fraction of sp³-hybridized carbons (Fsp3) is 0.565. The van der Waals surface area contributed by atoms with Crippen molar-refractivity contribution in [1.82, 2.24) is 5.32 Å². The lowest BCUT2D eigenvalue weighted by molar-refractivity contribution is -0.250. The topological polar surface area (TPSA) is 117 Å². The molecule has 0 bridgehead atoms. The number of nitrogens with one attached hydrogen (secondary N) is 1. The van der Waals surface area contributed by atoms with Gasteiger partial charge in [-0.3, -0.25) is 19.2 Å². The molecule has 0 aromatic heterocycles. The number of carbonyl (C=O) groups excluding carboxylic acids is 4. The van der Waals surface area contributed by atoms with Gasteiger partial charge >= 0.3 is 17.9 Å². The zero-order valence-electron chi connectivity index (χ0n) is 19.1. The number of hydrogen-bond donors (Lipinski definition) is 1. The van der Waals surface area contributed by atoms with E-state index in [1.165, 1.54) is 27.7 Å². The highest BCUT2D eigenvalue weighted by molar-refractivity contribution is 5.74. The first kappa shape index (κ1) is 25.3. The Morgan fingerprint density at radius 2 is 1.53 bits per heavy atom. The van der Waals surface area contributed by atoms with E-state index in [1.807, 2.05) is 30.3 Å². The quantitative estimate of drug-likeness (QED) is 0.471. The van der Waals surface area contributed by atoms with E-state index in [4.69, 9.17) is 18.9 Å². The van der Waals surface area contributed by atoms with Crippen LogP contribution in [0.25, 0.3) is 0 Å². The molecule has 1 N–H and O–H groups in total. The number of carbonyl (C=O) groups is 4. The lowest BCUT2D eigenvalue weighted by Crippen LogP contribution is -2.70. The number of benzene rings is 1. The molecule has 0 unspecified atom stereocenters. The number of esters is 3. The van der Waals surface area contributed by atoms with Crippen LogP contribution in [0.4, 0.5) is 0 Å². The number of rotatable bonds is 8. The van der Waals surface area contributed by atoms with Crippen molar-refractivity contribution in [3.63, 3.8) is 0 Å². The summed E-state index contributed by atoms with van der Waals surface area (Å²) >= 11 is 0. The molecule has 1 amide bonds.